The molecule has 164 valence electrons. The van der Waals surface area contributed by atoms with Crippen molar-refractivity contribution in [2.24, 2.45) is 5.92 Å². The lowest BCUT2D eigenvalue weighted by molar-refractivity contribution is 0.176. The van der Waals surface area contributed by atoms with E-state index in [1.165, 1.54) is 0 Å². The standard InChI is InChI=1S/C19H28N6O4S/c1-25(18-16-6-7-20-17(16)21-11-22-18)15-4-2-12(3-5-15)10-30(28,29)24-14-8-13(9-14)23-19(26)27/h6-7,11-15,23-24H,2-5,8-10H2,1H3,(H,26,27)(H,20,21,22). The maximum atomic E-state index is 12.5. The third kappa shape index (κ3) is 4.67. The number of rotatable bonds is 7. The fourth-order valence-corrected chi connectivity index (χ4v) is 6.38. The fourth-order valence-electron chi connectivity index (χ4n) is 4.63. The van der Waals surface area contributed by atoms with E-state index in [0.29, 0.717) is 18.9 Å². The maximum absolute atomic E-state index is 12.5. The molecule has 0 bridgehead atoms. The van der Waals surface area contributed by atoms with Crippen LogP contribution in [0.15, 0.2) is 18.6 Å². The minimum Gasteiger partial charge on any atom is -0.465 e. The molecular weight excluding hydrogens is 408 g/mol. The van der Waals surface area contributed by atoms with Gasteiger partial charge in [-0.3, -0.25) is 0 Å². The van der Waals surface area contributed by atoms with E-state index in [4.69, 9.17) is 5.11 Å². The van der Waals surface area contributed by atoms with Gasteiger partial charge in [0.1, 0.15) is 17.8 Å². The first-order valence-corrected chi connectivity index (χ1v) is 12.0. The highest BCUT2D eigenvalue weighted by atomic mass is 32.2. The van der Waals surface area contributed by atoms with Crippen molar-refractivity contribution in [3.8, 4) is 0 Å². The van der Waals surface area contributed by atoms with Crippen LogP contribution in [-0.4, -0.2) is 65.5 Å². The summed E-state index contributed by atoms with van der Waals surface area (Å²) in [6, 6.07) is 1.96. The molecule has 0 saturated heterocycles. The Labute approximate surface area is 175 Å². The van der Waals surface area contributed by atoms with E-state index in [1.807, 2.05) is 19.3 Å². The topological polar surface area (TPSA) is 140 Å². The van der Waals surface area contributed by atoms with Crippen molar-refractivity contribution in [2.75, 3.05) is 17.7 Å². The Morgan fingerprint density at radius 3 is 2.67 bits per heavy atom. The normalized spacial score (nSPS) is 26.8. The lowest BCUT2D eigenvalue weighted by Crippen LogP contribution is -2.54. The van der Waals surface area contributed by atoms with Gasteiger partial charge in [0, 0.05) is 31.4 Å². The molecule has 4 N–H and O–H groups in total. The van der Waals surface area contributed by atoms with Gasteiger partial charge >= 0.3 is 6.09 Å². The van der Waals surface area contributed by atoms with Crippen molar-refractivity contribution in [2.45, 2.75) is 56.7 Å². The molecule has 2 aliphatic carbocycles. The molecule has 2 aromatic heterocycles. The van der Waals surface area contributed by atoms with Crippen LogP contribution in [0.25, 0.3) is 11.0 Å². The molecule has 2 saturated carbocycles. The zero-order valence-corrected chi connectivity index (χ0v) is 17.7. The summed E-state index contributed by atoms with van der Waals surface area (Å²) >= 11 is 0. The van der Waals surface area contributed by atoms with E-state index in [1.54, 1.807) is 6.33 Å². The smallest absolute Gasteiger partial charge is 0.404 e. The molecule has 0 spiro atoms. The number of fused-ring (bicyclic) bond motifs is 1. The second kappa shape index (κ2) is 8.38. The minimum atomic E-state index is -3.37. The van der Waals surface area contributed by atoms with Gasteiger partial charge in [-0.25, -0.2) is 27.9 Å². The second-order valence-corrected chi connectivity index (χ2v) is 10.2. The van der Waals surface area contributed by atoms with Crippen molar-refractivity contribution < 1.29 is 18.3 Å². The number of nitrogens with one attached hydrogen (secondary N) is 3. The highest BCUT2D eigenvalue weighted by Gasteiger charge is 2.35. The number of H-pyrrole nitrogens is 1. The summed E-state index contributed by atoms with van der Waals surface area (Å²) in [5, 5.41) is 12.1. The molecule has 0 aromatic carbocycles. The molecule has 10 nitrogen and oxygen atoms in total. The predicted octanol–water partition coefficient (Wildman–Crippen LogP) is 1.67. The Morgan fingerprint density at radius 1 is 1.23 bits per heavy atom. The number of carboxylic acid groups (broad SMARTS) is 1. The number of anilines is 1. The average Bonchev–Trinajstić information content (AvgIpc) is 3.14. The molecule has 2 aliphatic rings. The van der Waals surface area contributed by atoms with Crippen molar-refractivity contribution >= 4 is 33.0 Å². The van der Waals surface area contributed by atoms with Crippen LogP contribution in [0.1, 0.15) is 38.5 Å². The average molecular weight is 437 g/mol. The fraction of sp³-hybridized carbons (Fsp3) is 0.632. The Kier molecular flexibility index (Phi) is 5.83. The number of carbonyl (C=O) groups is 1. The molecular formula is C19H28N6O4S. The highest BCUT2D eigenvalue weighted by Crippen LogP contribution is 2.32. The van der Waals surface area contributed by atoms with Gasteiger partial charge in [-0.1, -0.05) is 0 Å². The third-order valence-electron chi connectivity index (χ3n) is 6.30. The van der Waals surface area contributed by atoms with Crippen LogP contribution in [0.3, 0.4) is 0 Å². The molecule has 0 unspecified atom stereocenters. The minimum absolute atomic E-state index is 0.131. The number of amides is 1. The van der Waals surface area contributed by atoms with Crippen molar-refractivity contribution in [3.63, 3.8) is 0 Å². The molecule has 30 heavy (non-hydrogen) atoms. The van der Waals surface area contributed by atoms with E-state index < -0.39 is 16.1 Å². The van der Waals surface area contributed by atoms with Crippen LogP contribution in [-0.2, 0) is 10.0 Å². The van der Waals surface area contributed by atoms with Gasteiger partial charge in [0.05, 0.1) is 11.1 Å². The molecule has 2 heterocycles. The molecule has 2 aromatic rings. The molecule has 4 rings (SSSR count). The summed E-state index contributed by atoms with van der Waals surface area (Å²) < 4.78 is 27.7. The first-order valence-electron chi connectivity index (χ1n) is 10.3. The molecule has 2 fully saturated rings. The highest BCUT2D eigenvalue weighted by molar-refractivity contribution is 7.89. The zero-order chi connectivity index (χ0) is 21.3. The van der Waals surface area contributed by atoms with Gasteiger partial charge in [0.25, 0.3) is 0 Å². The predicted molar refractivity (Wildman–Crippen MR) is 113 cm³/mol. The first kappa shape index (κ1) is 20.9. The van der Waals surface area contributed by atoms with Crippen LogP contribution < -0.4 is 14.9 Å². The van der Waals surface area contributed by atoms with E-state index in [9.17, 15) is 13.2 Å². The van der Waals surface area contributed by atoms with Gasteiger partial charge in [0.15, 0.2) is 0 Å². The van der Waals surface area contributed by atoms with E-state index >= 15 is 0 Å². The van der Waals surface area contributed by atoms with Crippen LogP contribution in [0.4, 0.5) is 10.6 Å². The monoisotopic (exact) mass is 436 g/mol. The Balaban J connectivity index is 1.26. The molecule has 1 amide bonds. The number of nitrogens with zero attached hydrogens (tertiary/aromatic N) is 3. The zero-order valence-electron chi connectivity index (χ0n) is 16.9. The van der Waals surface area contributed by atoms with Gasteiger partial charge in [-0.2, -0.15) is 0 Å². The summed E-state index contributed by atoms with van der Waals surface area (Å²) in [5.74, 6) is 1.17. The van der Waals surface area contributed by atoms with E-state index in [0.717, 1.165) is 42.5 Å². The molecule has 0 radical (unpaired) electrons. The summed E-state index contributed by atoms with van der Waals surface area (Å²) in [6.45, 7) is 0. The van der Waals surface area contributed by atoms with Crippen molar-refractivity contribution in [1.29, 1.82) is 0 Å². The third-order valence-corrected chi connectivity index (χ3v) is 7.90. The van der Waals surface area contributed by atoms with Gasteiger partial charge in [-0.05, 0) is 50.5 Å². The second-order valence-electron chi connectivity index (χ2n) is 8.44. The van der Waals surface area contributed by atoms with Crippen LogP contribution in [0.2, 0.25) is 0 Å². The quantitative estimate of drug-likeness (QED) is 0.517. The lowest BCUT2D eigenvalue weighted by Gasteiger charge is -2.37. The Bertz CT molecular complexity index is 995. The van der Waals surface area contributed by atoms with Crippen LogP contribution >= 0.6 is 0 Å². The van der Waals surface area contributed by atoms with E-state index in [2.05, 4.69) is 29.9 Å². The van der Waals surface area contributed by atoms with Gasteiger partial charge < -0.3 is 20.3 Å². The van der Waals surface area contributed by atoms with Gasteiger partial charge in [-0.15, -0.1) is 0 Å². The van der Waals surface area contributed by atoms with Crippen molar-refractivity contribution in [1.82, 2.24) is 25.0 Å². The van der Waals surface area contributed by atoms with E-state index in [-0.39, 0.29) is 23.8 Å². The summed E-state index contributed by atoms with van der Waals surface area (Å²) in [4.78, 5) is 24.6. The molecule has 11 heteroatoms. The number of sulfonamides is 1. The first-order chi connectivity index (χ1) is 14.3. The largest absolute Gasteiger partial charge is 0.465 e. The number of aromatic amines is 1. The molecule has 0 aliphatic heterocycles. The number of aromatic nitrogens is 3. The number of hydrogen-bond donors (Lipinski definition) is 4. The van der Waals surface area contributed by atoms with Crippen LogP contribution in [0, 0.1) is 5.92 Å². The Hall–Kier alpha value is -2.40. The van der Waals surface area contributed by atoms with Gasteiger partial charge in [0.2, 0.25) is 10.0 Å². The molecule has 0 atom stereocenters. The van der Waals surface area contributed by atoms with Crippen molar-refractivity contribution in [3.05, 3.63) is 18.6 Å². The summed E-state index contributed by atoms with van der Waals surface area (Å²) in [7, 11) is -1.33. The lowest BCUT2D eigenvalue weighted by atomic mass is 9.86. The summed E-state index contributed by atoms with van der Waals surface area (Å²) in [6.07, 6.45) is 6.91. The maximum Gasteiger partial charge on any atom is 0.404 e. The number of hydrogen-bond acceptors (Lipinski definition) is 6. The SMILES string of the molecule is CN(c1ncnc2[nH]ccc12)C1CCC(CS(=O)(=O)NC2CC(NC(=O)O)C2)CC1. The van der Waals surface area contributed by atoms with Crippen LogP contribution in [0.5, 0.6) is 0 Å². The Morgan fingerprint density at radius 2 is 1.97 bits per heavy atom. The summed E-state index contributed by atoms with van der Waals surface area (Å²) in [5.41, 5.74) is 0.814.